The van der Waals surface area contributed by atoms with Crippen LogP contribution in [0.4, 0.5) is 4.39 Å². The highest BCUT2D eigenvalue weighted by Gasteiger charge is 2.60. The van der Waals surface area contributed by atoms with Crippen LogP contribution in [0.15, 0.2) is 23.7 Å². The number of fused-ring (bicyclic) bond motifs is 5. The van der Waals surface area contributed by atoms with Crippen LogP contribution in [-0.4, -0.2) is 29.2 Å². The lowest BCUT2D eigenvalue weighted by Gasteiger charge is -2.59. The van der Waals surface area contributed by atoms with Gasteiger partial charge in [0, 0.05) is 24.9 Å². The maximum Gasteiger partial charge on any atom is 0.120 e. The van der Waals surface area contributed by atoms with Crippen LogP contribution in [-0.2, 0) is 0 Å². The lowest BCUT2D eigenvalue weighted by molar-refractivity contribution is -0.0753. The molecule has 2 saturated carbocycles. The summed E-state index contributed by atoms with van der Waals surface area (Å²) in [5.74, 6) is 2.59. The first-order valence-corrected chi connectivity index (χ1v) is 10.9. The average Bonchev–Trinajstić information content (AvgIpc) is 3.20. The summed E-state index contributed by atoms with van der Waals surface area (Å²) >= 11 is 0. The van der Waals surface area contributed by atoms with Crippen LogP contribution in [0.25, 0.3) is 0 Å². The fourth-order valence-electron chi connectivity index (χ4n) is 7.85. The van der Waals surface area contributed by atoms with E-state index in [1.165, 1.54) is 32.1 Å². The molecule has 1 heterocycles. The van der Waals surface area contributed by atoms with Crippen LogP contribution in [0.3, 0.4) is 0 Å². The molecule has 5 rings (SSSR count). The molecule has 0 aromatic heterocycles. The number of likely N-dealkylation sites (tertiary alicyclic amines) is 1. The van der Waals surface area contributed by atoms with E-state index in [1.807, 2.05) is 6.08 Å². The van der Waals surface area contributed by atoms with Crippen LogP contribution in [0.1, 0.15) is 65.2 Å². The lowest BCUT2D eigenvalue weighted by atomic mass is 9.46. The fraction of sp³-hybridized carbons (Fsp3) is 0.826. The Labute approximate surface area is 157 Å². The molecule has 0 bridgehead atoms. The molecule has 1 N–H and O–H groups in total. The topological polar surface area (TPSA) is 23.5 Å². The zero-order valence-electron chi connectivity index (χ0n) is 16.4. The van der Waals surface area contributed by atoms with Crippen molar-refractivity contribution >= 4 is 0 Å². The van der Waals surface area contributed by atoms with E-state index < -0.39 is 0 Å². The third kappa shape index (κ3) is 2.25. The molecule has 3 heteroatoms. The second kappa shape index (κ2) is 5.83. The van der Waals surface area contributed by atoms with Gasteiger partial charge < -0.3 is 10.0 Å². The maximum absolute atomic E-state index is 15.2. The Kier molecular flexibility index (Phi) is 3.88. The first kappa shape index (κ1) is 17.3. The lowest BCUT2D eigenvalue weighted by Crippen LogP contribution is -2.53. The first-order valence-electron chi connectivity index (χ1n) is 10.9. The summed E-state index contributed by atoms with van der Waals surface area (Å²) in [6.45, 7) is 6.92. The zero-order chi connectivity index (χ0) is 18.1. The molecule has 0 aromatic rings. The van der Waals surface area contributed by atoms with Gasteiger partial charge in [0.05, 0.1) is 11.8 Å². The van der Waals surface area contributed by atoms with Crippen LogP contribution < -0.4 is 0 Å². The second-order valence-electron chi connectivity index (χ2n) is 10.3. The molecule has 0 aromatic carbocycles. The van der Waals surface area contributed by atoms with Crippen molar-refractivity contribution in [1.82, 2.24) is 4.90 Å². The number of allylic oxidation sites excluding steroid dienone is 3. The van der Waals surface area contributed by atoms with E-state index in [4.69, 9.17) is 0 Å². The van der Waals surface area contributed by atoms with Gasteiger partial charge in [0.1, 0.15) is 5.83 Å². The van der Waals surface area contributed by atoms with E-state index >= 15 is 4.39 Å². The van der Waals surface area contributed by atoms with Gasteiger partial charge in [-0.05, 0) is 74.0 Å². The van der Waals surface area contributed by atoms with Crippen molar-refractivity contribution in [3.05, 3.63) is 23.7 Å². The third-order valence-electron chi connectivity index (χ3n) is 9.18. The molecule has 2 unspecified atom stereocenters. The van der Waals surface area contributed by atoms with Gasteiger partial charge in [0.25, 0.3) is 0 Å². The minimum atomic E-state index is -0.258. The minimum Gasteiger partial charge on any atom is -0.389 e. The summed E-state index contributed by atoms with van der Waals surface area (Å²) in [4.78, 5) is 2.39. The van der Waals surface area contributed by atoms with E-state index in [2.05, 4.69) is 24.8 Å². The van der Waals surface area contributed by atoms with Crippen molar-refractivity contribution in [3.63, 3.8) is 0 Å². The Balaban J connectivity index is 1.46. The van der Waals surface area contributed by atoms with Crippen LogP contribution >= 0.6 is 0 Å². The van der Waals surface area contributed by atoms with Gasteiger partial charge in [0.15, 0.2) is 0 Å². The molecule has 2 nitrogen and oxygen atoms in total. The van der Waals surface area contributed by atoms with Gasteiger partial charge in [0.2, 0.25) is 0 Å². The molecule has 5 aliphatic rings. The smallest absolute Gasteiger partial charge is 0.120 e. The van der Waals surface area contributed by atoms with Crippen LogP contribution in [0.5, 0.6) is 0 Å². The van der Waals surface area contributed by atoms with Crippen LogP contribution in [0, 0.1) is 34.5 Å². The Hall–Kier alpha value is -0.830. The standard InChI is InChI=1S/C23H34FNO/c1-22-9-7-16(26)13-15(22)5-6-17-18(22)8-10-23(2)19(17)14-20(24)21(23)25-11-3-4-12-25/h7,9,15-19,26H,3-6,8,10-14H2,1-2H3/t15?,16?,17-,18-,19+,22+,23+/m1/s1. The van der Waals surface area contributed by atoms with Crippen molar-refractivity contribution in [3.8, 4) is 0 Å². The number of rotatable bonds is 1. The predicted molar refractivity (Wildman–Crippen MR) is 102 cm³/mol. The van der Waals surface area contributed by atoms with Crippen molar-refractivity contribution in [2.45, 2.75) is 71.3 Å². The number of halogens is 1. The summed E-state index contributed by atoms with van der Waals surface area (Å²) in [6, 6.07) is 0. The second-order valence-corrected chi connectivity index (χ2v) is 10.3. The number of hydrogen-bond donors (Lipinski definition) is 1. The molecular formula is C23H34FNO. The summed E-state index contributed by atoms with van der Waals surface area (Å²) in [7, 11) is 0. The van der Waals surface area contributed by atoms with E-state index in [0.717, 1.165) is 31.6 Å². The third-order valence-corrected chi connectivity index (χ3v) is 9.18. The monoisotopic (exact) mass is 359 g/mol. The summed E-state index contributed by atoms with van der Waals surface area (Å²) in [5.41, 5.74) is 1.35. The highest BCUT2D eigenvalue weighted by Crippen LogP contribution is 2.67. The average molecular weight is 360 g/mol. The quantitative estimate of drug-likeness (QED) is 0.662. The number of aliphatic hydroxyl groups is 1. The van der Waals surface area contributed by atoms with Gasteiger partial charge in [-0.25, -0.2) is 4.39 Å². The van der Waals surface area contributed by atoms with Crippen molar-refractivity contribution in [2.75, 3.05) is 13.1 Å². The van der Waals surface area contributed by atoms with E-state index in [1.54, 1.807) is 0 Å². The Bertz CT molecular complexity index is 651. The van der Waals surface area contributed by atoms with Gasteiger partial charge in [-0.15, -0.1) is 0 Å². The molecule has 144 valence electrons. The molecule has 4 aliphatic carbocycles. The van der Waals surface area contributed by atoms with E-state index in [0.29, 0.717) is 30.1 Å². The Morgan fingerprint density at radius 3 is 2.65 bits per heavy atom. The summed E-state index contributed by atoms with van der Waals surface area (Å²) in [5, 5.41) is 10.1. The highest BCUT2D eigenvalue weighted by molar-refractivity contribution is 5.29. The van der Waals surface area contributed by atoms with Crippen LogP contribution in [0.2, 0.25) is 0 Å². The van der Waals surface area contributed by atoms with Crippen molar-refractivity contribution < 1.29 is 9.50 Å². The predicted octanol–water partition coefficient (Wildman–Crippen LogP) is 5.05. The molecule has 3 fully saturated rings. The maximum atomic E-state index is 15.2. The molecule has 7 atom stereocenters. The summed E-state index contributed by atoms with van der Waals surface area (Å²) < 4.78 is 15.2. The van der Waals surface area contributed by atoms with Gasteiger partial charge in [-0.3, -0.25) is 0 Å². The molecule has 0 radical (unpaired) electrons. The number of aliphatic hydroxyl groups excluding tert-OH is 1. The highest BCUT2D eigenvalue weighted by atomic mass is 19.1. The summed E-state index contributed by atoms with van der Waals surface area (Å²) in [6.07, 6.45) is 12.9. The molecule has 0 amide bonds. The number of hydrogen-bond acceptors (Lipinski definition) is 2. The molecule has 1 saturated heterocycles. The zero-order valence-corrected chi connectivity index (χ0v) is 16.4. The van der Waals surface area contributed by atoms with Gasteiger partial charge in [-0.1, -0.05) is 26.0 Å². The van der Waals surface area contributed by atoms with Gasteiger partial charge >= 0.3 is 0 Å². The Morgan fingerprint density at radius 1 is 1.12 bits per heavy atom. The molecule has 1 aliphatic heterocycles. The molecule has 26 heavy (non-hydrogen) atoms. The van der Waals surface area contributed by atoms with E-state index in [9.17, 15) is 5.11 Å². The van der Waals surface area contributed by atoms with Crippen molar-refractivity contribution in [1.29, 1.82) is 0 Å². The largest absolute Gasteiger partial charge is 0.389 e. The van der Waals surface area contributed by atoms with Gasteiger partial charge in [-0.2, -0.15) is 0 Å². The fourth-order valence-corrected chi connectivity index (χ4v) is 7.85. The molecular weight excluding hydrogens is 325 g/mol. The molecule has 0 spiro atoms. The van der Waals surface area contributed by atoms with Crippen molar-refractivity contribution in [2.24, 2.45) is 34.5 Å². The normalized spacial score (nSPS) is 50.6. The minimum absolute atomic E-state index is 0.0523. The van der Waals surface area contributed by atoms with E-state index in [-0.39, 0.29) is 22.8 Å². The SMILES string of the molecule is C[C@]12C=CC(O)CC1CC[C@@H]1[C@H]2CC[C@]2(C)C(N3CCCC3)=C(F)C[C@@H]12. The number of nitrogens with zero attached hydrogens (tertiary/aromatic N) is 1. The Morgan fingerprint density at radius 2 is 1.88 bits per heavy atom. The first-order chi connectivity index (χ1) is 12.4.